The Hall–Kier alpha value is -3.75. The van der Waals surface area contributed by atoms with Crippen molar-refractivity contribution in [2.75, 3.05) is 11.9 Å². The van der Waals surface area contributed by atoms with Crippen molar-refractivity contribution in [1.82, 2.24) is 5.32 Å². The van der Waals surface area contributed by atoms with E-state index in [1.54, 1.807) is 36.6 Å². The van der Waals surface area contributed by atoms with Gasteiger partial charge in [-0.3, -0.25) is 9.59 Å². The SMILES string of the molecule is CCOC(=O)c1c(-c2ccc(C)cc2)csc1NC(NC(=O)c1cccs1)C(=O)c1ccc(C)cc1. The van der Waals surface area contributed by atoms with E-state index in [0.717, 1.165) is 16.7 Å². The van der Waals surface area contributed by atoms with Crippen LogP contribution in [0.1, 0.15) is 48.4 Å². The number of hydrogen-bond acceptors (Lipinski definition) is 7. The molecule has 0 spiro atoms. The lowest BCUT2D eigenvalue weighted by Gasteiger charge is -2.20. The lowest BCUT2D eigenvalue weighted by Crippen LogP contribution is -2.46. The zero-order valence-electron chi connectivity index (χ0n) is 20.2. The molecular weight excluding hydrogens is 492 g/mol. The Morgan fingerprint density at radius 2 is 1.58 bits per heavy atom. The highest BCUT2D eigenvalue weighted by Gasteiger charge is 2.28. The van der Waals surface area contributed by atoms with Crippen molar-refractivity contribution < 1.29 is 19.1 Å². The normalized spacial score (nSPS) is 11.5. The van der Waals surface area contributed by atoms with Crippen molar-refractivity contribution in [1.29, 1.82) is 0 Å². The minimum Gasteiger partial charge on any atom is -0.462 e. The van der Waals surface area contributed by atoms with Gasteiger partial charge in [-0.2, -0.15) is 0 Å². The number of hydrogen-bond donors (Lipinski definition) is 2. The second-order valence-electron chi connectivity index (χ2n) is 8.20. The summed E-state index contributed by atoms with van der Waals surface area (Å²) in [5.74, 6) is -1.20. The Labute approximate surface area is 218 Å². The quantitative estimate of drug-likeness (QED) is 0.154. The van der Waals surface area contributed by atoms with Gasteiger partial charge >= 0.3 is 5.97 Å². The van der Waals surface area contributed by atoms with Crippen molar-refractivity contribution in [3.05, 3.63) is 98.6 Å². The summed E-state index contributed by atoms with van der Waals surface area (Å²) in [5.41, 5.74) is 4.45. The van der Waals surface area contributed by atoms with E-state index in [1.807, 2.05) is 55.6 Å². The van der Waals surface area contributed by atoms with Crippen LogP contribution in [-0.4, -0.2) is 30.4 Å². The highest BCUT2D eigenvalue weighted by atomic mass is 32.1. The molecule has 1 amide bonds. The van der Waals surface area contributed by atoms with Gasteiger partial charge in [0.05, 0.1) is 11.5 Å². The third-order valence-corrected chi connectivity index (χ3v) is 7.31. The first kappa shape index (κ1) is 25.3. The maximum atomic E-state index is 13.5. The zero-order valence-corrected chi connectivity index (χ0v) is 21.8. The lowest BCUT2D eigenvalue weighted by atomic mass is 10.0. The maximum Gasteiger partial charge on any atom is 0.341 e. The molecule has 1 unspecified atom stereocenters. The van der Waals surface area contributed by atoms with Gasteiger partial charge in [0.15, 0.2) is 6.17 Å². The summed E-state index contributed by atoms with van der Waals surface area (Å²) in [6, 6.07) is 18.4. The summed E-state index contributed by atoms with van der Waals surface area (Å²) in [7, 11) is 0. The Balaban J connectivity index is 1.72. The highest BCUT2D eigenvalue weighted by molar-refractivity contribution is 7.15. The molecule has 2 aromatic carbocycles. The van der Waals surface area contributed by atoms with Gasteiger partial charge in [-0.05, 0) is 37.8 Å². The standard InChI is InChI=1S/C28H26N2O4S2/c1-4-34-28(33)23-21(19-11-7-17(2)8-12-19)16-36-27(23)30-25(29-26(32)22-6-5-15-35-22)24(31)20-13-9-18(3)10-14-20/h5-16,25,30H,4H2,1-3H3,(H,29,32). The topological polar surface area (TPSA) is 84.5 Å². The van der Waals surface area contributed by atoms with Crippen LogP contribution < -0.4 is 10.6 Å². The average Bonchev–Trinajstić information content (AvgIpc) is 3.55. The van der Waals surface area contributed by atoms with Crippen molar-refractivity contribution in [2.45, 2.75) is 26.9 Å². The number of thiophene rings is 2. The molecule has 4 aromatic rings. The van der Waals surface area contributed by atoms with Crippen LogP contribution in [0.2, 0.25) is 0 Å². The number of ether oxygens (including phenoxy) is 1. The average molecular weight is 519 g/mol. The molecule has 0 aliphatic rings. The molecule has 1 atom stereocenters. The molecule has 0 aliphatic heterocycles. The Bertz CT molecular complexity index is 1360. The number of Topliss-reactive ketones (excluding diaryl/α,β-unsaturated/α-hetero) is 1. The Morgan fingerprint density at radius 3 is 2.19 bits per heavy atom. The van der Waals surface area contributed by atoms with Crippen molar-refractivity contribution in [2.24, 2.45) is 0 Å². The fourth-order valence-electron chi connectivity index (χ4n) is 3.61. The van der Waals surface area contributed by atoms with Crippen molar-refractivity contribution in [3.63, 3.8) is 0 Å². The zero-order chi connectivity index (χ0) is 25.7. The van der Waals surface area contributed by atoms with Gasteiger partial charge in [0.1, 0.15) is 10.6 Å². The summed E-state index contributed by atoms with van der Waals surface area (Å²) >= 11 is 2.57. The molecule has 0 aliphatic carbocycles. The number of nitrogens with one attached hydrogen (secondary N) is 2. The molecule has 2 N–H and O–H groups in total. The van der Waals surface area contributed by atoms with Gasteiger partial charge in [0.25, 0.3) is 5.91 Å². The van der Waals surface area contributed by atoms with E-state index in [-0.39, 0.29) is 18.3 Å². The maximum absolute atomic E-state index is 13.5. The third-order valence-electron chi connectivity index (χ3n) is 5.53. The first-order chi connectivity index (χ1) is 17.4. The van der Waals surface area contributed by atoms with Gasteiger partial charge in [0, 0.05) is 16.5 Å². The number of anilines is 1. The molecule has 0 bridgehead atoms. The van der Waals surface area contributed by atoms with Crippen LogP contribution in [0.4, 0.5) is 5.00 Å². The second-order valence-corrected chi connectivity index (χ2v) is 10.0. The van der Waals surface area contributed by atoms with Crippen LogP contribution in [0.15, 0.2) is 71.4 Å². The fraction of sp³-hybridized carbons (Fsp3) is 0.179. The molecule has 0 saturated carbocycles. The minimum absolute atomic E-state index is 0.211. The molecular formula is C28H26N2O4S2. The number of carbonyl (C=O) groups excluding carboxylic acids is 3. The fourth-order valence-corrected chi connectivity index (χ4v) is 5.22. The molecule has 6 nitrogen and oxygen atoms in total. The van der Waals surface area contributed by atoms with Crippen molar-refractivity contribution >= 4 is 45.3 Å². The third kappa shape index (κ3) is 5.72. The smallest absolute Gasteiger partial charge is 0.341 e. The number of carbonyl (C=O) groups is 3. The van der Waals surface area contributed by atoms with Crippen LogP contribution in [0.25, 0.3) is 11.1 Å². The lowest BCUT2D eigenvalue weighted by molar-refractivity contribution is 0.0528. The molecule has 0 fully saturated rings. The summed E-state index contributed by atoms with van der Waals surface area (Å²) in [5, 5.41) is 10.0. The molecule has 4 rings (SSSR count). The van der Waals surface area contributed by atoms with Crippen LogP contribution in [0.5, 0.6) is 0 Å². The van der Waals surface area contributed by atoms with Gasteiger partial charge in [-0.25, -0.2) is 4.79 Å². The number of amides is 1. The number of esters is 1. The van der Waals surface area contributed by atoms with E-state index in [4.69, 9.17) is 4.74 Å². The van der Waals surface area contributed by atoms with Gasteiger partial charge in [-0.15, -0.1) is 22.7 Å². The van der Waals surface area contributed by atoms with Crippen LogP contribution in [-0.2, 0) is 4.74 Å². The molecule has 0 saturated heterocycles. The minimum atomic E-state index is -1.10. The predicted octanol–water partition coefficient (Wildman–Crippen LogP) is 6.32. The molecule has 2 aromatic heterocycles. The van der Waals surface area contributed by atoms with Crippen LogP contribution in [0.3, 0.4) is 0 Å². The molecule has 8 heteroatoms. The molecule has 184 valence electrons. The second kappa shape index (κ2) is 11.3. The van der Waals surface area contributed by atoms with E-state index in [0.29, 0.717) is 26.6 Å². The summed E-state index contributed by atoms with van der Waals surface area (Å²) in [6.45, 7) is 5.89. The summed E-state index contributed by atoms with van der Waals surface area (Å²) < 4.78 is 5.35. The van der Waals surface area contributed by atoms with E-state index in [2.05, 4.69) is 10.6 Å². The van der Waals surface area contributed by atoms with E-state index in [1.165, 1.54) is 22.7 Å². The summed E-state index contributed by atoms with van der Waals surface area (Å²) in [6.07, 6.45) is -1.10. The number of ketones is 1. The van der Waals surface area contributed by atoms with E-state index < -0.39 is 12.1 Å². The predicted molar refractivity (Wildman–Crippen MR) is 145 cm³/mol. The van der Waals surface area contributed by atoms with E-state index in [9.17, 15) is 14.4 Å². The van der Waals surface area contributed by atoms with E-state index >= 15 is 0 Å². The monoisotopic (exact) mass is 518 g/mol. The Morgan fingerprint density at radius 1 is 0.917 bits per heavy atom. The highest BCUT2D eigenvalue weighted by Crippen LogP contribution is 2.37. The molecule has 0 radical (unpaired) electrons. The van der Waals surface area contributed by atoms with Crippen LogP contribution in [0, 0.1) is 13.8 Å². The number of benzene rings is 2. The van der Waals surface area contributed by atoms with Gasteiger partial charge < -0.3 is 15.4 Å². The number of aryl methyl sites for hydroxylation is 2. The largest absolute Gasteiger partial charge is 0.462 e. The first-order valence-electron chi connectivity index (χ1n) is 11.4. The van der Waals surface area contributed by atoms with Crippen molar-refractivity contribution in [3.8, 4) is 11.1 Å². The first-order valence-corrected chi connectivity index (χ1v) is 13.2. The van der Waals surface area contributed by atoms with Crippen LogP contribution >= 0.6 is 22.7 Å². The van der Waals surface area contributed by atoms with Gasteiger partial charge in [0.2, 0.25) is 5.78 Å². The molecule has 2 heterocycles. The summed E-state index contributed by atoms with van der Waals surface area (Å²) in [4.78, 5) is 39.9. The van der Waals surface area contributed by atoms with Gasteiger partial charge in [-0.1, -0.05) is 65.7 Å². The number of rotatable bonds is 9. The molecule has 36 heavy (non-hydrogen) atoms. The Kier molecular flexibility index (Phi) is 7.97.